The highest BCUT2D eigenvalue weighted by atomic mass is 32.2. The summed E-state index contributed by atoms with van der Waals surface area (Å²) in [5.74, 6) is 2.26. The molecule has 3 aromatic carbocycles. The van der Waals surface area contributed by atoms with Crippen molar-refractivity contribution in [2.75, 3.05) is 5.75 Å². The number of hydrogen-bond acceptors (Lipinski definition) is 2. The Bertz CT molecular complexity index is 880. The zero-order chi connectivity index (χ0) is 22.4. The maximum Gasteiger partial charge on any atom is 0.0231 e. The van der Waals surface area contributed by atoms with E-state index in [2.05, 4.69) is 86.6 Å². The van der Waals surface area contributed by atoms with E-state index >= 15 is 0 Å². The molecule has 3 aromatic rings. The molecule has 3 rings (SSSR count). The van der Waals surface area contributed by atoms with Gasteiger partial charge in [0.15, 0.2) is 0 Å². The number of unbranched alkanes of at least 4 members (excludes halogenated alkanes) is 6. The summed E-state index contributed by atoms with van der Waals surface area (Å²) in [5.41, 5.74) is 5.40. The van der Waals surface area contributed by atoms with Crippen molar-refractivity contribution in [2.24, 2.45) is 0 Å². The fourth-order valence-electron chi connectivity index (χ4n) is 3.77. The van der Waals surface area contributed by atoms with Crippen molar-refractivity contribution in [1.29, 1.82) is 0 Å². The number of benzene rings is 3. The zero-order valence-corrected chi connectivity index (χ0v) is 21.4. The number of rotatable bonds is 14. The molecule has 0 saturated carbocycles. The van der Waals surface area contributed by atoms with Gasteiger partial charge in [-0.05, 0) is 65.1 Å². The molecule has 170 valence electrons. The molecule has 0 aliphatic rings. The fraction of sp³-hybridized carbons (Fsp3) is 0.400. The van der Waals surface area contributed by atoms with E-state index < -0.39 is 0 Å². The Kier molecular flexibility index (Phi) is 11.3. The number of hydrogen-bond donors (Lipinski definition) is 0. The largest absolute Gasteiger partial charge is 0.126 e. The van der Waals surface area contributed by atoms with Gasteiger partial charge < -0.3 is 0 Å². The molecular formula is C30H38S2. The molecule has 0 spiro atoms. The first kappa shape index (κ1) is 25.0. The topological polar surface area (TPSA) is 0 Å². The predicted molar refractivity (Wildman–Crippen MR) is 146 cm³/mol. The smallest absolute Gasteiger partial charge is 0.0231 e. The fourth-order valence-corrected chi connectivity index (χ4v) is 5.54. The van der Waals surface area contributed by atoms with Gasteiger partial charge in [0, 0.05) is 15.5 Å². The summed E-state index contributed by atoms with van der Waals surface area (Å²) in [5, 5.41) is 0. The molecule has 0 aliphatic heterocycles. The van der Waals surface area contributed by atoms with Crippen molar-refractivity contribution in [3.05, 3.63) is 83.9 Å². The van der Waals surface area contributed by atoms with Gasteiger partial charge in [0.25, 0.3) is 0 Å². The van der Waals surface area contributed by atoms with E-state index in [1.165, 1.54) is 82.7 Å². The van der Waals surface area contributed by atoms with E-state index in [4.69, 9.17) is 0 Å². The van der Waals surface area contributed by atoms with E-state index in [1.54, 1.807) is 0 Å². The molecule has 0 atom stereocenters. The van der Waals surface area contributed by atoms with Crippen LogP contribution in [0.3, 0.4) is 0 Å². The highest BCUT2D eigenvalue weighted by molar-refractivity contribution is 7.99. The molecule has 0 aliphatic carbocycles. The molecule has 0 fully saturated rings. The minimum Gasteiger partial charge on any atom is -0.126 e. The Morgan fingerprint density at radius 3 is 1.56 bits per heavy atom. The van der Waals surface area contributed by atoms with Crippen LogP contribution in [0.4, 0.5) is 0 Å². The second-order valence-electron chi connectivity index (χ2n) is 8.48. The molecule has 0 aromatic heterocycles. The molecule has 0 amide bonds. The van der Waals surface area contributed by atoms with E-state index in [0.717, 1.165) is 12.2 Å². The molecule has 0 radical (unpaired) electrons. The van der Waals surface area contributed by atoms with Crippen LogP contribution in [0, 0.1) is 0 Å². The lowest BCUT2D eigenvalue weighted by Crippen LogP contribution is -1.84. The van der Waals surface area contributed by atoms with Gasteiger partial charge in [0.05, 0.1) is 0 Å². The maximum absolute atomic E-state index is 2.28. The average Bonchev–Trinajstić information content (AvgIpc) is 2.85. The lowest BCUT2D eigenvalue weighted by Gasteiger charge is -2.07. The van der Waals surface area contributed by atoms with Crippen molar-refractivity contribution >= 4 is 23.5 Å². The third kappa shape index (κ3) is 8.71. The molecule has 0 unspecified atom stereocenters. The summed E-state index contributed by atoms with van der Waals surface area (Å²) in [7, 11) is 0. The van der Waals surface area contributed by atoms with Crippen LogP contribution >= 0.6 is 23.5 Å². The van der Waals surface area contributed by atoms with Gasteiger partial charge in [-0.25, -0.2) is 0 Å². The number of aryl methyl sites for hydroxylation is 1. The standard InChI is InChI=1S/C30H38S2/c1-3-5-6-7-8-9-10-23-31-29-19-15-27(16-20-29)28-17-21-30(22-18-28)32-24-26-13-11-25(4-2)12-14-26/h11-22H,3-10,23-24H2,1-2H3. The molecule has 2 heteroatoms. The summed E-state index contributed by atoms with van der Waals surface area (Å²) >= 11 is 3.91. The first-order valence-electron chi connectivity index (χ1n) is 12.3. The van der Waals surface area contributed by atoms with Crippen LogP contribution in [0.25, 0.3) is 11.1 Å². The Balaban J connectivity index is 1.40. The third-order valence-corrected chi connectivity index (χ3v) is 8.08. The second kappa shape index (κ2) is 14.5. The molecule has 0 bridgehead atoms. The Morgan fingerprint density at radius 2 is 1.00 bits per heavy atom. The monoisotopic (exact) mass is 462 g/mol. The summed E-state index contributed by atoms with van der Waals surface area (Å²) in [6.45, 7) is 4.49. The lowest BCUT2D eigenvalue weighted by atomic mass is 10.1. The lowest BCUT2D eigenvalue weighted by molar-refractivity contribution is 0.603. The van der Waals surface area contributed by atoms with Crippen LogP contribution in [0.1, 0.15) is 69.9 Å². The predicted octanol–water partition coefficient (Wildman–Crippen LogP) is 10.1. The molecule has 0 saturated heterocycles. The molecule has 32 heavy (non-hydrogen) atoms. The van der Waals surface area contributed by atoms with Crippen LogP contribution in [0.2, 0.25) is 0 Å². The van der Waals surface area contributed by atoms with Crippen molar-refractivity contribution in [2.45, 2.75) is 80.8 Å². The molecular weight excluding hydrogens is 424 g/mol. The van der Waals surface area contributed by atoms with E-state index in [1.807, 2.05) is 23.5 Å². The highest BCUT2D eigenvalue weighted by Crippen LogP contribution is 2.28. The average molecular weight is 463 g/mol. The molecule has 0 heterocycles. The Labute approximate surface area is 204 Å². The summed E-state index contributed by atoms with van der Waals surface area (Å²) in [4.78, 5) is 2.72. The van der Waals surface area contributed by atoms with Crippen molar-refractivity contribution in [3.8, 4) is 11.1 Å². The minimum absolute atomic E-state index is 1.02. The molecule has 0 N–H and O–H groups in total. The van der Waals surface area contributed by atoms with Crippen LogP contribution in [-0.2, 0) is 12.2 Å². The summed E-state index contributed by atoms with van der Waals surface area (Å²) in [6, 6.07) is 27.1. The summed E-state index contributed by atoms with van der Waals surface area (Å²) < 4.78 is 0. The van der Waals surface area contributed by atoms with Gasteiger partial charge >= 0.3 is 0 Å². The van der Waals surface area contributed by atoms with Crippen LogP contribution < -0.4 is 0 Å². The van der Waals surface area contributed by atoms with Gasteiger partial charge in [0.1, 0.15) is 0 Å². The molecule has 0 nitrogen and oxygen atoms in total. The van der Waals surface area contributed by atoms with Gasteiger partial charge in [-0.15, -0.1) is 23.5 Å². The normalized spacial score (nSPS) is 11.1. The first-order chi connectivity index (χ1) is 15.8. The van der Waals surface area contributed by atoms with Crippen LogP contribution in [0.5, 0.6) is 0 Å². The van der Waals surface area contributed by atoms with Gasteiger partial charge in [0.2, 0.25) is 0 Å². The van der Waals surface area contributed by atoms with Crippen molar-refractivity contribution < 1.29 is 0 Å². The first-order valence-corrected chi connectivity index (χ1v) is 14.3. The summed E-state index contributed by atoms with van der Waals surface area (Å²) in [6.07, 6.45) is 10.8. The quantitative estimate of drug-likeness (QED) is 0.173. The maximum atomic E-state index is 2.28. The Morgan fingerprint density at radius 1 is 0.500 bits per heavy atom. The van der Waals surface area contributed by atoms with E-state index in [-0.39, 0.29) is 0 Å². The number of thioether (sulfide) groups is 2. The second-order valence-corrected chi connectivity index (χ2v) is 10.7. The minimum atomic E-state index is 1.02. The highest BCUT2D eigenvalue weighted by Gasteiger charge is 2.02. The SMILES string of the molecule is CCCCCCCCCSc1ccc(-c2ccc(SCc3ccc(CC)cc3)cc2)cc1. The van der Waals surface area contributed by atoms with Crippen molar-refractivity contribution in [1.82, 2.24) is 0 Å². The zero-order valence-electron chi connectivity index (χ0n) is 19.8. The third-order valence-electron chi connectivity index (χ3n) is 5.90. The van der Waals surface area contributed by atoms with Crippen molar-refractivity contribution in [3.63, 3.8) is 0 Å². The Hall–Kier alpha value is -1.64. The van der Waals surface area contributed by atoms with E-state index in [0.29, 0.717) is 0 Å². The van der Waals surface area contributed by atoms with Gasteiger partial charge in [-0.2, -0.15) is 0 Å². The van der Waals surface area contributed by atoms with Gasteiger partial charge in [-0.3, -0.25) is 0 Å². The van der Waals surface area contributed by atoms with Crippen LogP contribution in [-0.4, -0.2) is 5.75 Å². The van der Waals surface area contributed by atoms with E-state index in [9.17, 15) is 0 Å². The van der Waals surface area contributed by atoms with Crippen LogP contribution in [0.15, 0.2) is 82.6 Å². The van der Waals surface area contributed by atoms with Gasteiger partial charge in [-0.1, -0.05) is 101 Å².